The number of aliphatic hydroxyl groups is 1. The van der Waals surface area contributed by atoms with Crippen LogP contribution >= 0.6 is 0 Å². The first-order chi connectivity index (χ1) is 4.16. The smallest absolute Gasteiger partial charge is 0.0973 e. The molecule has 0 aromatic heterocycles. The lowest BCUT2D eigenvalue weighted by atomic mass is 10.1. The quantitative estimate of drug-likeness (QED) is 0.621. The third-order valence-electron chi connectivity index (χ3n) is 1.37. The molecule has 1 unspecified atom stereocenters. The molecule has 0 saturated heterocycles. The van der Waals surface area contributed by atoms with Crippen molar-refractivity contribution in [3.05, 3.63) is 0 Å². The minimum absolute atomic E-state index is 0.173. The standard InChI is InChI=1S/C7H15FO/c1-6(5-9)3-4-7(2)8/h6-7,9H,3-5H2,1-2H3/t6-,7?/m1/s1. The third-order valence-corrected chi connectivity index (χ3v) is 1.37. The van der Waals surface area contributed by atoms with Gasteiger partial charge in [-0.3, -0.25) is 0 Å². The van der Waals surface area contributed by atoms with Gasteiger partial charge in [0.2, 0.25) is 0 Å². The summed E-state index contributed by atoms with van der Waals surface area (Å²) < 4.78 is 12.1. The highest BCUT2D eigenvalue weighted by atomic mass is 19.1. The van der Waals surface area contributed by atoms with Crippen LogP contribution in [0, 0.1) is 5.92 Å². The van der Waals surface area contributed by atoms with Crippen molar-refractivity contribution in [2.45, 2.75) is 32.9 Å². The van der Waals surface area contributed by atoms with Gasteiger partial charge in [-0.1, -0.05) is 6.92 Å². The van der Waals surface area contributed by atoms with Crippen LogP contribution in [0.25, 0.3) is 0 Å². The fourth-order valence-electron chi connectivity index (χ4n) is 0.605. The summed E-state index contributed by atoms with van der Waals surface area (Å²) in [6, 6.07) is 0. The highest BCUT2D eigenvalue weighted by Crippen LogP contribution is 2.08. The van der Waals surface area contributed by atoms with Crippen molar-refractivity contribution in [2.24, 2.45) is 5.92 Å². The van der Waals surface area contributed by atoms with Gasteiger partial charge in [0, 0.05) is 6.61 Å². The minimum Gasteiger partial charge on any atom is -0.396 e. The average molecular weight is 134 g/mol. The molecule has 2 atom stereocenters. The van der Waals surface area contributed by atoms with Crippen LogP contribution in [-0.2, 0) is 0 Å². The Labute approximate surface area is 55.9 Å². The lowest BCUT2D eigenvalue weighted by Crippen LogP contribution is -2.03. The SMILES string of the molecule is CC(F)CC[C@@H](C)CO. The zero-order valence-corrected chi connectivity index (χ0v) is 6.10. The van der Waals surface area contributed by atoms with Crippen LogP contribution in [0.5, 0.6) is 0 Å². The molecule has 0 bridgehead atoms. The second-order valence-corrected chi connectivity index (χ2v) is 2.65. The monoisotopic (exact) mass is 134 g/mol. The summed E-state index contributed by atoms with van der Waals surface area (Å²) in [6.07, 6.45) is 0.634. The summed E-state index contributed by atoms with van der Waals surface area (Å²) in [5.41, 5.74) is 0. The summed E-state index contributed by atoms with van der Waals surface area (Å²) in [5.74, 6) is 0.253. The maximum Gasteiger partial charge on any atom is 0.0973 e. The molecule has 0 amide bonds. The van der Waals surface area contributed by atoms with E-state index in [1.165, 1.54) is 0 Å². The second kappa shape index (κ2) is 4.74. The Hall–Kier alpha value is -0.110. The lowest BCUT2D eigenvalue weighted by Gasteiger charge is -2.06. The first-order valence-corrected chi connectivity index (χ1v) is 3.41. The molecule has 0 heterocycles. The molecular weight excluding hydrogens is 119 g/mol. The molecule has 0 aliphatic heterocycles. The van der Waals surface area contributed by atoms with E-state index in [1.807, 2.05) is 6.92 Å². The van der Waals surface area contributed by atoms with Crippen molar-refractivity contribution in [3.63, 3.8) is 0 Å². The van der Waals surface area contributed by atoms with Gasteiger partial charge in [0.15, 0.2) is 0 Å². The summed E-state index contributed by atoms with van der Waals surface area (Å²) in [5, 5.41) is 8.53. The maximum absolute atomic E-state index is 12.1. The van der Waals surface area contributed by atoms with E-state index in [0.717, 1.165) is 6.42 Å². The molecule has 1 nitrogen and oxygen atoms in total. The van der Waals surface area contributed by atoms with Crippen LogP contribution in [0.3, 0.4) is 0 Å². The number of alkyl halides is 1. The average Bonchev–Trinajstić information content (AvgIpc) is 1.83. The Morgan fingerprint density at radius 1 is 1.33 bits per heavy atom. The van der Waals surface area contributed by atoms with Gasteiger partial charge >= 0.3 is 0 Å². The number of rotatable bonds is 4. The van der Waals surface area contributed by atoms with Gasteiger partial charge in [-0.05, 0) is 25.7 Å². The molecule has 0 aliphatic rings. The van der Waals surface area contributed by atoms with E-state index in [2.05, 4.69) is 0 Å². The Bertz CT molecular complexity index is 63.9. The highest BCUT2D eigenvalue weighted by molar-refractivity contribution is 4.53. The van der Waals surface area contributed by atoms with E-state index in [1.54, 1.807) is 6.92 Å². The first kappa shape index (κ1) is 8.89. The Morgan fingerprint density at radius 2 is 1.89 bits per heavy atom. The predicted molar refractivity (Wildman–Crippen MR) is 36.1 cm³/mol. The molecule has 0 aromatic carbocycles. The van der Waals surface area contributed by atoms with E-state index in [4.69, 9.17) is 5.11 Å². The third kappa shape index (κ3) is 5.77. The molecule has 0 saturated carbocycles. The zero-order valence-electron chi connectivity index (χ0n) is 6.10. The molecule has 56 valence electrons. The topological polar surface area (TPSA) is 20.2 Å². The van der Waals surface area contributed by atoms with Crippen molar-refractivity contribution < 1.29 is 9.50 Å². The highest BCUT2D eigenvalue weighted by Gasteiger charge is 2.02. The molecule has 0 rings (SSSR count). The normalized spacial score (nSPS) is 17.3. The van der Waals surface area contributed by atoms with Crippen molar-refractivity contribution >= 4 is 0 Å². The van der Waals surface area contributed by atoms with Gasteiger partial charge in [0.25, 0.3) is 0 Å². The molecular formula is C7H15FO. The molecule has 1 N–H and O–H groups in total. The molecule has 0 aromatic rings. The maximum atomic E-state index is 12.1. The van der Waals surface area contributed by atoms with Crippen LogP contribution in [0.15, 0.2) is 0 Å². The van der Waals surface area contributed by atoms with E-state index in [9.17, 15) is 4.39 Å². The van der Waals surface area contributed by atoms with Gasteiger partial charge in [0.05, 0.1) is 6.17 Å². The Balaban J connectivity index is 3.06. The molecule has 9 heavy (non-hydrogen) atoms. The van der Waals surface area contributed by atoms with E-state index < -0.39 is 6.17 Å². The molecule has 0 spiro atoms. The summed E-state index contributed by atoms with van der Waals surface area (Å²) in [6.45, 7) is 3.64. The zero-order chi connectivity index (χ0) is 7.28. The van der Waals surface area contributed by atoms with Crippen LogP contribution in [-0.4, -0.2) is 17.9 Å². The van der Waals surface area contributed by atoms with Gasteiger partial charge in [0.1, 0.15) is 0 Å². The lowest BCUT2D eigenvalue weighted by molar-refractivity contribution is 0.215. The van der Waals surface area contributed by atoms with Gasteiger partial charge in [-0.25, -0.2) is 4.39 Å². The van der Waals surface area contributed by atoms with E-state index in [0.29, 0.717) is 6.42 Å². The Morgan fingerprint density at radius 3 is 2.22 bits per heavy atom. The molecule has 0 radical (unpaired) electrons. The Kier molecular flexibility index (Phi) is 4.68. The molecule has 0 fully saturated rings. The number of hydrogen-bond acceptors (Lipinski definition) is 1. The predicted octanol–water partition coefficient (Wildman–Crippen LogP) is 1.75. The summed E-state index contributed by atoms with van der Waals surface area (Å²) in [4.78, 5) is 0. The number of hydrogen-bond donors (Lipinski definition) is 1. The summed E-state index contributed by atoms with van der Waals surface area (Å²) >= 11 is 0. The van der Waals surface area contributed by atoms with Crippen LogP contribution in [0.2, 0.25) is 0 Å². The fraction of sp³-hybridized carbons (Fsp3) is 1.00. The number of aliphatic hydroxyl groups excluding tert-OH is 1. The van der Waals surface area contributed by atoms with Gasteiger partial charge in [-0.2, -0.15) is 0 Å². The molecule has 0 aliphatic carbocycles. The number of halogens is 1. The van der Waals surface area contributed by atoms with E-state index in [-0.39, 0.29) is 12.5 Å². The van der Waals surface area contributed by atoms with Crippen molar-refractivity contribution in [1.82, 2.24) is 0 Å². The van der Waals surface area contributed by atoms with Crippen LogP contribution < -0.4 is 0 Å². The largest absolute Gasteiger partial charge is 0.396 e. The van der Waals surface area contributed by atoms with Crippen LogP contribution in [0.4, 0.5) is 4.39 Å². The van der Waals surface area contributed by atoms with Crippen molar-refractivity contribution in [3.8, 4) is 0 Å². The van der Waals surface area contributed by atoms with Crippen molar-refractivity contribution in [2.75, 3.05) is 6.61 Å². The minimum atomic E-state index is -0.723. The van der Waals surface area contributed by atoms with Crippen LogP contribution in [0.1, 0.15) is 26.7 Å². The van der Waals surface area contributed by atoms with E-state index >= 15 is 0 Å². The van der Waals surface area contributed by atoms with Crippen molar-refractivity contribution in [1.29, 1.82) is 0 Å². The summed E-state index contributed by atoms with van der Waals surface area (Å²) in [7, 11) is 0. The first-order valence-electron chi connectivity index (χ1n) is 3.41. The molecule has 2 heteroatoms. The second-order valence-electron chi connectivity index (χ2n) is 2.65. The van der Waals surface area contributed by atoms with Gasteiger partial charge < -0.3 is 5.11 Å². The fourth-order valence-corrected chi connectivity index (χ4v) is 0.605. The van der Waals surface area contributed by atoms with Gasteiger partial charge in [-0.15, -0.1) is 0 Å².